The lowest BCUT2D eigenvalue weighted by atomic mass is 9.32. The van der Waals surface area contributed by atoms with E-state index in [1.807, 2.05) is 0 Å². The molecule has 3 aliphatic heterocycles. The molecule has 3 heterocycles. The summed E-state index contributed by atoms with van der Waals surface area (Å²) in [5.41, 5.74) is 37.3. The summed E-state index contributed by atoms with van der Waals surface area (Å²) in [6, 6.07) is 87.0. The van der Waals surface area contributed by atoms with Crippen LogP contribution in [0.25, 0.3) is 0 Å². The summed E-state index contributed by atoms with van der Waals surface area (Å²) in [5, 5.41) is 0. The summed E-state index contributed by atoms with van der Waals surface area (Å²) in [5.74, 6) is 0. The second-order valence-electron chi connectivity index (χ2n) is 34.6. The number of rotatable bonds is 3. The minimum atomic E-state index is -0.312. The maximum atomic E-state index is 2.76. The molecule has 11 aromatic carbocycles. The molecule has 0 spiro atoms. The summed E-state index contributed by atoms with van der Waals surface area (Å²) < 4.78 is 0. The van der Waals surface area contributed by atoms with Crippen LogP contribution in [0.4, 0.5) is 51.2 Å². The van der Waals surface area contributed by atoms with Gasteiger partial charge in [-0.25, -0.2) is 0 Å². The van der Waals surface area contributed by atoms with Crippen LogP contribution in [-0.4, -0.2) is 6.71 Å². The fourth-order valence-corrected chi connectivity index (χ4v) is 20.7. The quantitative estimate of drug-likeness (QED) is 0.163. The summed E-state index contributed by atoms with van der Waals surface area (Å²) in [6.07, 6.45) is 0. The standard InChI is InChI=1S/C93H90BN3/c1-85(2)58-31-19-21-33-60(58)87(5,6)70-47-55(43-45-66(70)85)95-80-53-74-72(89(9,10)62-35-23-25-37-64(62)91(74,13)14)51-76(80)94-77-52-73-75(92(15,16)65-38-26-24-36-63(65)90(73,11)12)54-81(77)96(56-44-46-67-71(48-56)88(7,8)61-34-22-20-32-59(61)86(67,3)4)83-50-57(49-82(95)84(83)94)97-78-41-29-27-39-68(78)93(17,18)69-40-28-30-42-79(69)97/h19-54H,1-18H3. The molecule has 18 rings (SSSR count). The van der Waals surface area contributed by atoms with Crippen molar-refractivity contribution in [3.8, 4) is 0 Å². The molecular weight excluding hydrogens is 1170 g/mol. The minimum absolute atomic E-state index is 0.168. The van der Waals surface area contributed by atoms with E-state index in [1.165, 1.54) is 162 Å². The Labute approximate surface area is 577 Å². The lowest BCUT2D eigenvalue weighted by Gasteiger charge is -2.50. The molecule has 0 saturated heterocycles. The second-order valence-corrected chi connectivity index (χ2v) is 34.6. The first-order valence-corrected chi connectivity index (χ1v) is 35.8. The van der Waals surface area contributed by atoms with Crippen LogP contribution in [-0.2, 0) is 48.7 Å². The summed E-state index contributed by atoms with van der Waals surface area (Å²) >= 11 is 0. The van der Waals surface area contributed by atoms with Crippen LogP contribution in [0, 0.1) is 0 Å². The fraction of sp³-hybridized carbons (Fsp3) is 0.290. The third-order valence-corrected chi connectivity index (χ3v) is 26.2. The molecule has 7 aliphatic rings. The molecule has 97 heavy (non-hydrogen) atoms. The summed E-state index contributed by atoms with van der Waals surface area (Å²) in [6.45, 7) is 44.2. The van der Waals surface area contributed by atoms with E-state index in [0.717, 1.165) is 5.69 Å². The van der Waals surface area contributed by atoms with Crippen molar-refractivity contribution in [3.63, 3.8) is 0 Å². The van der Waals surface area contributed by atoms with Crippen molar-refractivity contribution in [1.82, 2.24) is 0 Å². The molecule has 0 atom stereocenters. The molecule has 11 aromatic rings. The van der Waals surface area contributed by atoms with E-state index in [4.69, 9.17) is 0 Å². The van der Waals surface area contributed by atoms with Gasteiger partial charge >= 0.3 is 0 Å². The number of fused-ring (bicyclic) bond motifs is 14. The highest BCUT2D eigenvalue weighted by Crippen LogP contribution is 2.61. The van der Waals surface area contributed by atoms with Gasteiger partial charge in [-0.15, -0.1) is 0 Å². The molecule has 0 bridgehead atoms. The Morgan fingerprint density at radius 3 is 0.722 bits per heavy atom. The van der Waals surface area contributed by atoms with E-state index < -0.39 is 0 Å². The third-order valence-electron chi connectivity index (χ3n) is 26.2. The van der Waals surface area contributed by atoms with Gasteiger partial charge in [0.05, 0.1) is 17.1 Å². The Bertz CT molecular complexity index is 4990. The highest BCUT2D eigenvalue weighted by atomic mass is 15.2. The van der Waals surface area contributed by atoms with E-state index >= 15 is 0 Å². The van der Waals surface area contributed by atoms with Crippen LogP contribution < -0.4 is 31.1 Å². The first-order chi connectivity index (χ1) is 45.9. The molecular formula is C93H90BN3. The smallest absolute Gasteiger partial charge is 0.252 e. The van der Waals surface area contributed by atoms with Crippen LogP contribution in [0.3, 0.4) is 0 Å². The zero-order valence-corrected chi connectivity index (χ0v) is 60.2. The zero-order valence-electron chi connectivity index (χ0n) is 60.2. The lowest BCUT2D eigenvalue weighted by molar-refractivity contribution is 0.520. The number of nitrogens with zero attached hydrogens (tertiary/aromatic N) is 3. The van der Waals surface area contributed by atoms with E-state index in [2.05, 4.69) is 358 Å². The van der Waals surface area contributed by atoms with Crippen molar-refractivity contribution < 1.29 is 0 Å². The number of anilines is 9. The predicted molar refractivity (Wildman–Crippen MR) is 410 cm³/mol. The van der Waals surface area contributed by atoms with E-state index in [0.29, 0.717) is 0 Å². The van der Waals surface area contributed by atoms with Crippen LogP contribution in [0.5, 0.6) is 0 Å². The lowest BCUT2D eigenvalue weighted by Crippen LogP contribution is -2.62. The Hall–Kier alpha value is -9.12. The Kier molecular flexibility index (Phi) is 11.9. The summed E-state index contributed by atoms with van der Waals surface area (Å²) in [7, 11) is 0. The zero-order chi connectivity index (χ0) is 67.6. The SMILES string of the molecule is CC1(C)c2ccccc2N(c2cc3c4c(c2)N(c2ccc5c(c2)C(C)(C)c2ccccc2C5(C)C)c2cc5c(cc2B4c2cc4c(cc2N3c2ccc3c(c2)C(C)(C)c2ccccc2C3(C)C)C(C)(C)c2ccccc2C4(C)C)C(C)(C)c2ccccc2C5(C)C)c2ccccc21. The molecule has 4 aliphatic carbocycles. The van der Waals surface area contributed by atoms with Crippen LogP contribution in [0.15, 0.2) is 218 Å². The van der Waals surface area contributed by atoms with Crippen molar-refractivity contribution >= 4 is 74.3 Å². The minimum Gasteiger partial charge on any atom is -0.311 e. The molecule has 0 radical (unpaired) electrons. The van der Waals surface area contributed by atoms with Crippen molar-refractivity contribution in [1.29, 1.82) is 0 Å². The van der Waals surface area contributed by atoms with Crippen molar-refractivity contribution in [2.45, 2.75) is 173 Å². The van der Waals surface area contributed by atoms with E-state index in [-0.39, 0.29) is 55.4 Å². The number of hydrogen-bond acceptors (Lipinski definition) is 3. The molecule has 4 heteroatoms. The van der Waals surface area contributed by atoms with E-state index in [9.17, 15) is 0 Å². The molecule has 3 nitrogen and oxygen atoms in total. The van der Waals surface area contributed by atoms with Gasteiger partial charge in [0.15, 0.2) is 0 Å². The van der Waals surface area contributed by atoms with Gasteiger partial charge in [-0.3, -0.25) is 0 Å². The summed E-state index contributed by atoms with van der Waals surface area (Å²) in [4.78, 5) is 8.14. The highest BCUT2D eigenvalue weighted by molar-refractivity contribution is 7.00. The van der Waals surface area contributed by atoms with Crippen LogP contribution in [0.2, 0.25) is 0 Å². The van der Waals surface area contributed by atoms with Gasteiger partial charge in [-0.1, -0.05) is 282 Å². The molecule has 0 N–H and O–H groups in total. The maximum Gasteiger partial charge on any atom is 0.252 e. The van der Waals surface area contributed by atoms with Gasteiger partial charge in [0.2, 0.25) is 0 Å². The number of benzene rings is 11. The third kappa shape index (κ3) is 7.61. The normalized spacial score (nSPS) is 19.5. The monoisotopic (exact) mass is 1260 g/mol. The van der Waals surface area contributed by atoms with Gasteiger partial charge in [0.1, 0.15) is 0 Å². The average Bonchev–Trinajstić information content (AvgIpc) is 0.675. The molecule has 0 amide bonds. The van der Waals surface area contributed by atoms with E-state index in [1.54, 1.807) is 0 Å². The first-order valence-electron chi connectivity index (χ1n) is 35.8. The Morgan fingerprint density at radius 2 is 0.412 bits per heavy atom. The molecule has 0 fully saturated rings. The number of hydrogen-bond donors (Lipinski definition) is 0. The topological polar surface area (TPSA) is 9.72 Å². The van der Waals surface area contributed by atoms with Gasteiger partial charge in [0.25, 0.3) is 6.71 Å². The van der Waals surface area contributed by atoms with Gasteiger partial charge in [0, 0.05) is 82.9 Å². The predicted octanol–water partition coefficient (Wildman–Crippen LogP) is 21.7. The van der Waals surface area contributed by atoms with Crippen molar-refractivity contribution in [2.24, 2.45) is 0 Å². The first kappa shape index (κ1) is 60.3. The molecule has 480 valence electrons. The van der Waals surface area contributed by atoms with Crippen LogP contribution in [0.1, 0.15) is 225 Å². The van der Waals surface area contributed by atoms with Gasteiger partial charge in [-0.05, 0) is 177 Å². The second kappa shape index (κ2) is 19.2. The molecule has 0 saturated carbocycles. The fourth-order valence-electron chi connectivity index (χ4n) is 20.7. The molecule has 0 unspecified atom stereocenters. The van der Waals surface area contributed by atoms with Gasteiger partial charge < -0.3 is 14.7 Å². The number of para-hydroxylation sites is 2. The largest absolute Gasteiger partial charge is 0.311 e. The van der Waals surface area contributed by atoms with Crippen molar-refractivity contribution in [2.75, 3.05) is 14.7 Å². The Morgan fingerprint density at radius 1 is 0.186 bits per heavy atom. The van der Waals surface area contributed by atoms with Crippen LogP contribution >= 0.6 is 0 Å². The maximum absolute atomic E-state index is 2.76. The van der Waals surface area contributed by atoms with Gasteiger partial charge in [-0.2, -0.15) is 0 Å². The molecule has 0 aromatic heterocycles. The average molecular weight is 1260 g/mol. The Balaban J connectivity index is 1.02. The highest BCUT2D eigenvalue weighted by Gasteiger charge is 2.53. The van der Waals surface area contributed by atoms with Crippen molar-refractivity contribution in [3.05, 3.63) is 319 Å².